The van der Waals surface area contributed by atoms with E-state index in [1.807, 2.05) is 20.8 Å². The maximum Gasteiger partial charge on any atom is 0.314 e. The summed E-state index contributed by atoms with van der Waals surface area (Å²) in [6.45, 7) is 11.3. The monoisotopic (exact) mass is 216 g/mol. The Morgan fingerprint density at radius 2 is 1.80 bits per heavy atom. The molecule has 0 bridgehead atoms. The first-order chi connectivity index (χ1) is 6.65. The summed E-state index contributed by atoms with van der Waals surface area (Å²) in [5, 5.41) is 10.1. The fourth-order valence-electron chi connectivity index (χ4n) is 1.08. The van der Waals surface area contributed by atoms with Gasteiger partial charge in [-0.3, -0.25) is 4.79 Å². The van der Waals surface area contributed by atoms with Crippen LogP contribution in [0.4, 0.5) is 0 Å². The van der Waals surface area contributed by atoms with Gasteiger partial charge in [-0.1, -0.05) is 20.8 Å². The minimum Gasteiger partial charge on any atom is -0.465 e. The third-order valence-electron chi connectivity index (χ3n) is 3.09. The molecule has 15 heavy (non-hydrogen) atoms. The number of aliphatic hydroxyl groups is 1. The van der Waals surface area contributed by atoms with Gasteiger partial charge < -0.3 is 9.84 Å². The molecule has 0 aliphatic carbocycles. The van der Waals surface area contributed by atoms with E-state index in [1.165, 1.54) is 0 Å². The van der Waals surface area contributed by atoms with Crippen molar-refractivity contribution >= 4 is 5.97 Å². The number of hydrogen-bond acceptors (Lipinski definition) is 3. The first-order valence-corrected chi connectivity index (χ1v) is 5.54. The van der Waals surface area contributed by atoms with E-state index in [-0.39, 0.29) is 5.97 Å². The van der Waals surface area contributed by atoms with Crippen molar-refractivity contribution in [3.05, 3.63) is 0 Å². The summed E-state index contributed by atoms with van der Waals surface area (Å²) in [7, 11) is 0. The van der Waals surface area contributed by atoms with Gasteiger partial charge in [0.05, 0.1) is 17.6 Å². The second-order valence-corrected chi connectivity index (χ2v) is 5.24. The van der Waals surface area contributed by atoms with Gasteiger partial charge >= 0.3 is 5.97 Å². The number of ether oxygens (including phenoxy) is 1. The highest BCUT2D eigenvalue weighted by molar-refractivity contribution is 5.77. The summed E-state index contributed by atoms with van der Waals surface area (Å²) >= 11 is 0. The van der Waals surface area contributed by atoms with Crippen LogP contribution in [0.3, 0.4) is 0 Å². The molecule has 0 radical (unpaired) electrons. The van der Waals surface area contributed by atoms with E-state index in [0.29, 0.717) is 18.9 Å². The summed E-state index contributed by atoms with van der Waals surface area (Å²) in [6, 6.07) is 0. The number of carbonyl (C=O) groups is 1. The van der Waals surface area contributed by atoms with Crippen LogP contribution >= 0.6 is 0 Å². The molecular formula is C12H24O3. The Morgan fingerprint density at radius 1 is 1.33 bits per heavy atom. The molecule has 0 heterocycles. The molecule has 0 saturated heterocycles. The third kappa shape index (κ3) is 3.49. The molecule has 0 saturated carbocycles. The molecule has 90 valence electrons. The van der Waals surface area contributed by atoms with Gasteiger partial charge in [0.2, 0.25) is 0 Å². The summed E-state index contributed by atoms with van der Waals surface area (Å²) in [6.07, 6.45) is 0.525. The van der Waals surface area contributed by atoms with Gasteiger partial charge in [-0.15, -0.1) is 0 Å². The van der Waals surface area contributed by atoms with Crippen LogP contribution in [0.5, 0.6) is 0 Å². The topological polar surface area (TPSA) is 46.5 Å². The predicted molar refractivity (Wildman–Crippen MR) is 60.5 cm³/mol. The van der Waals surface area contributed by atoms with E-state index in [4.69, 9.17) is 4.74 Å². The Kier molecular flexibility index (Phi) is 4.78. The van der Waals surface area contributed by atoms with E-state index in [2.05, 4.69) is 0 Å². The molecule has 0 rings (SSSR count). The van der Waals surface area contributed by atoms with Crippen molar-refractivity contribution < 1.29 is 14.6 Å². The van der Waals surface area contributed by atoms with Crippen LogP contribution < -0.4 is 0 Å². The van der Waals surface area contributed by atoms with E-state index >= 15 is 0 Å². The Hall–Kier alpha value is -0.570. The van der Waals surface area contributed by atoms with Gasteiger partial charge in [0.15, 0.2) is 0 Å². The lowest BCUT2D eigenvalue weighted by atomic mass is 9.74. The van der Waals surface area contributed by atoms with E-state index in [9.17, 15) is 9.90 Å². The summed E-state index contributed by atoms with van der Waals surface area (Å²) in [4.78, 5) is 11.8. The molecule has 1 N–H and O–H groups in total. The Morgan fingerprint density at radius 3 is 2.13 bits per heavy atom. The average molecular weight is 216 g/mol. The maximum atomic E-state index is 11.8. The molecule has 0 aromatic carbocycles. The Bertz CT molecular complexity index is 217. The zero-order valence-electron chi connectivity index (χ0n) is 10.8. The Labute approximate surface area is 92.8 Å². The Balaban J connectivity index is 4.52. The molecule has 3 heteroatoms. The molecule has 0 spiro atoms. The first-order valence-electron chi connectivity index (χ1n) is 5.54. The molecule has 0 fully saturated rings. The number of hydrogen-bond donors (Lipinski definition) is 1. The lowest BCUT2D eigenvalue weighted by Gasteiger charge is -2.37. The third-order valence-corrected chi connectivity index (χ3v) is 3.09. The van der Waals surface area contributed by atoms with Crippen LogP contribution in [0, 0.1) is 11.3 Å². The second-order valence-electron chi connectivity index (χ2n) is 5.24. The predicted octanol–water partition coefficient (Wildman–Crippen LogP) is 2.37. The maximum absolute atomic E-state index is 11.8. The lowest BCUT2D eigenvalue weighted by molar-refractivity contribution is -0.170. The highest BCUT2D eigenvalue weighted by Crippen LogP contribution is 2.34. The molecule has 0 aliphatic rings. The lowest BCUT2D eigenvalue weighted by Crippen LogP contribution is -2.47. The van der Waals surface area contributed by atoms with Crippen molar-refractivity contribution in [2.75, 3.05) is 6.61 Å². The van der Waals surface area contributed by atoms with E-state index in [1.54, 1.807) is 20.8 Å². The highest BCUT2D eigenvalue weighted by Gasteiger charge is 2.45. The van der Waals surface area contributed by atoms with Crippen LogP contribution in [-0.4, -0.2) is 23.3 Å². The van der Waals surface area contributed by atoms with E-state index in [0.717, 1.165) is 0 Å². The van der Waals surface area contributed by atoms with Crippen molar-refractivity contribution in [3.8, 4) is 0 Å². The summed E-state index contributed by atoms with van der Waals surface area (Å²) < 4.78 is 5.16. The van der Waals surface area contributed by atoms with Gasteiger partial charge in [-0.25, -0.2) is 0 Å². The normalized spacial score (nSPS) is 16.3. The number of rotatable bonds is 5. The van der Waals surface area contributed by atoms with Crippen molar-refractivity contribution in [1.29, 1.82) is 0 Å². The first kappa shape index (κ1) is 14.4. The van der Waals surface area contributed by atoms with Crippen molar-refractivity contribution in [2.24, 2.45) is 11.3 Å². The van der Waals surface area contributed by atoms with Gasteiger partial charge in [0, 0.05) is 0 Å². The van der Waals surface area contributed by atoms with Gasteiger partial charge in [0.1, 0.15) is 0 Å². The van der Waals surface area contributed by atoms with Crippen molar-refractivity contribution in [2.45, 2.75) is 53.6 Å². The van der Waals surface area contributed by atoms with Crippen LogP contribution in [0.15, 0.2) is 0 Å². The number of esters is 1. The van der Waals surface area contributed by atoms with Crippen molar-refractivity contribution in [1.82, 2.24) is 0 Å². The molecule has 0 amide bonds. The molecule has 3 nitrogen and oxygen atoms in total. The van der Waals surface area contributed by atoms with E-state index < -0.39 is 11.0 Å². The molecule has 1 atom stereocenters. The molecular weight excluding hydrogens is 192 g/mol. The van der Waals surface area contributed by atoms with Crippen LogP contribution in [0.1, 0.15) is 48.0 Å². The van der Waals surface area contributed by atoms with Gasteiger partial charge in [-0.2, -0.15) is 0 Å². The smallest absolute Gasteiger partial charge is 0.314 e. The van der Waals surface area contributed by atoms with Gasteiger partial charge in [-0.05, 0) is 33.1 Å². The van der Waals surface area contributed by atoms with Gasteiger partial charge in [0.25, 0.3) is 0 Å². The fourth-order valence-corrected chi connectivity index (χ4v) is 1.08. The fraction of sp³-hybridized carbons (Fsp3) is 0.917. The minimum absolute atomic E-state index is 0.316. The SMILES string of the molecule is CCC(C)(O)C(C)(C)C(=O)OCC(C)C. The second kappa shape index (κ2) is 4.97. The molecule has 0 aromatic rings. The largest absolute Gasteiger partial charge is 0.465 e. The average Bonchev–Trinajstić information content (AvgIpc) is 2.13. The zero-order chi connectivity index (χ0) is 12.3. The van der Waals surface area contributed by atoms with Crippen molar-refractivity contribution in [3.63, 3.8) is 0 Å². The number of carbonyl (C=O) groups excluding carboxylic acids is 1. The zero-order valence-corrected chi connectivity index (χ0v) is 10.8. The molecule has 1 unspecified atom stereocenters. The molecule has 0 aliphatic heterocycles. The minimum atomic E-state index is -1.03. The highest BCUT2D eigenvalue weighted by atomic mass is 16.5. The quantitative estimate of drug-likeness (QED) is 0.718. The van der Waals surface area contributed by atoms with Crippen LogP contribution in [-0.2, 0) is 9.53 Å². The summed E-state index contributed by atoms with van der Waals surface area (Å²) in [5.74, 6) is -0.0145. The molecule has 0 aromatic heterocycles. The standard InChI is InChI=1S/C12H24O3/c1-7-12(6,14)11(4,5)10(13)15-8-9(2)3/h9,14H,7-8H2,1-6H3. The van der Waals surface area contributed by atoms with Crippen LogP contribution in [0.2, 0.25) is 0 Å². The summed E-state index contributed by atoms with van der Waals surface area (Å²) in [5.41, 5.74) is -1.89. The van der Waals surface area contributed by atoms with Crippen LogP contribution in [0.25, 0.3) is 0 Å².